The van der Waals surface area contributed by atoms with E-state index in [9.17, 15) is 13.2 Å². The fourth-order valence-corrected chi connectivity index (χ4v) is 2.76. The van der Waals surface area contributed by atoms with Gasteiger partial charge in [0.05, 0.1) is 10.5 Å². The maximum Gasteiger partial charge on any atom is 0.338 e. The number of hydrogen-bond donors (Lipinski definition) is 1. The van der Waals surface area contributed by atoms with Crippen molar-refractivity contribution in [3.05, 3.63) is 59.2 Å². The van der Waals surface area contributed by atoms with Crippen LogP contribution in [0.4, 0.5) is 0 Å². The number of rotatable bonds is 7. The van der Waals surface area contributed by atoms with Crippen LogP contribution in [0.3, 0.4) is 0 Å². The number of hydrogen-bond acceptors (Lipinski definition) is 5. The molecule has 2 N–H and O–H groups in total. The summed E-state index contributed by atoms with van der Waals surface area (Å²) in [6.45, 7) is 4.00. The van der Waals surface area contributed by atoms with Crippen LogP contribution in [0.25, 0.3) is 0 Å². The second-order valence-electron chi connectivity index (χ2n) is 5.51. The third-order valence-corrected chi connectivity index (χ3v) is 4.56. The topological polar surface area (TPSA) is 95.7 Å². The van der Waals surface area contributed by atoms with Gasteiger partial charge in [0.25, 0.3) is 0 Å². The van der Waals surface area contributed by atoms with Gasteiger partial charge in [-0.3, -0.25) is 0 Å². The molecule has 2 aromatic rings. The van der Waals surface area contributed by atoms with Crippen molar-refractivity contribution in [2.45, 2.75) is 25.2 Å². The number of benzene rings is 2. The normalized spacial score (nSPS) is 11.2. The van der Waals surface area contributed by atoms with E-state index in [4.69, 9.17) is 14.6 Å². The Bertz CT molecular complexity index is 862. The van der Waals surface area contributed by atoms with E-state index >= 15 is 0 Å². The van der Waals surface area contributed by atoms with Crippen molar-refractivity contribution in [3.8, 4) is 5.75 Å². The maximum absolute atomic E-state index is 12.1. The average Bonchev–Trinajstić information content (AvgIpc) is 2.58. The van der Waals surface area contributed by atoms with Crippen molar-refractivity contribution in [3.63, 3.8) is 0 Å². The number of primary sulfonamides is 1. The summed E-state index contributed by atoms with van der Waals surface area (Å²) in [5.41, 5.74) is 1.93. The van der Waals surface area contributed by atoms with E-state index in [1.807, 2.05) is 24.3 Å². The molecule has 6 nitrogen and oxygen atoms in total. The van der Waals surface area contributed by atoms with Crippen molar-refractivity contribution >= 4 is 16.0 Å². The summed E-state index contributed by atoms with van der Waals surface area (Å²) in [5, 5.41) is 5.09. The quantitative estimate of drug-likeness (QED) is 0.602. The highest BCUT2D eigenvalue weighted by Crippen LogP contribution is 2.16. The molecule has 0 saturated heterocycles. The molecule has 0 aliphatic carbocycles. The molecule has 0 aliphatic heterocycles. The van der Waals surface area contributed by atoms with Gasteiger partial charge in [-0.25, -0.2) is 18.4 Å². The van der Waals surface area contributed by atoms with E-state index in [-0.39, 0.29) is 23.7 Å². The van der Waals surface area contributed by atoms with Gasteiger partial charge in [-0.2, -0.15) is 0 Å². The van der Waals surface area contributed by atoms with Gasteiger partial charge in [-0.15, -0.1) is 0 Å². The average molecular weight is 363 g/mol. The van der Waals surface area contributed by atoms with E-state index in [0.717, 1.165) is 12.0 Å². The predicted molar refractivity (Wildman–Crippen MR) is 94.1 cm³/mol. The van der Waals surface area contributed by atoms with Crippen molar-refractivity contribution in [2.24, 2.45) is 5.14 Å². The Balaban J connectivity index is 1.94. The number of ether oxygens (including phenoxy) is 2. The van der Waals surface area contributed by atoms with Crippen LogP contribution in [-0.2, 0) is 21.2 Å². The van der Waals surface area contributed by atoms with Gasteiger partial charge in [0, 0.05) is 0 Å². The molecule has 0 atom stereocenters. The van der Waals surface area contributed by atoms with Crippen LogP contribution in [-0.4, -0.2) is 27.6 Å². The number of sulfonamides is 1. The van der Waals surface area contributed by atoms with Gasteiger partial charge in [0.15, 0.2) is 0 Å². The van der Waals surface area contributed by atoms with E-state index < -0.39 is 16.0 Å². The molecule has 0 amide bonds. The van der Waals surface area contributed by atoms with E-state index in [2.05, 4.69) is 6.92 Å². The van der Waals surface area contributed by atoms with Gasteiger partial charge in [-0.05, 0) is 48.7 Å². The number of carbonyl (C=O) groups excluding carboxylic acids is 1. The molecular weight excluding hydrogens is 342 g/mol. The van der Waals surface area contributed by atoms with Gasteiger partial charge in [-0.1, -0.05) is 25.1 Å². The fourth-order valence-electron chi connectivity index (χ4n) is 2.22. The Morgan fingerprint density at radius 3 is 2.56 bits per heavy atom. The standard InChI is InChI=1S/C18H21NO5S/c1-3-14-5-4-6-15(11-14)23-9-10-24-18(20)17-12-16(25(19,21)22)8-7-13(17)2/h4-8,11-12H,3,9-10H2,1-2H3,(H2,19,21,22). The van der Waals surface area contributed by atoms with Crippen molar-refractivity contribution in [1.82, 2.24) is 0 Å². The molecule has 7 heteroatoms. The lowest BCUT2D eigenvalue weighted by Crippen LogP contribution is -2.16. The number of carbonyl (C=O) groups is 1. The summed E-state index contributed by atoms with van der Waals surface area (Å²) >= 11 is 0. The van der Waals surface area contributed by atoms with Gasteiger partial charge < -0.3 is 9.47 Å². The molecule has 0 fully saturated rings. The predicted octanol–water partition coefficient (Wildman–Crippen LogP) is 2.44. The van der Waals surface area contributed by atoms with Crippen LogP contribution in [0.2, 0.25) is 0 Å². The zero-order chi connectivity index (χ0) is 18.4. The first-order chi connectivity index (χ1) is 11.8. The number of nitrogens with two attached hydrogens (primary N) is 1. The minimum Gasteiger partial charge on any atom is -0.490 e. The summed E-state index contributed by atoms with van der Waals surface area (Å²) in [6.07, 6.45) is 0.909. The SMILES string of the molecule is CCc1cccc(OCCOC(=O)c2cc(S(N)(=O)=O)ccc2C)c1. The first kappa shape index (κ1) is 19.0. The van der Waals surface area contributed by atoms with Crippen LogP contribution in [0.15, 0.2) is 47.4 Å². The Hall–Kier alpha value is -2.38. The lowest BCUT2D eigenvalue weighted by Gasteiger charge is -2.10. The molecule has 2 aromatic carbocycles. The smallest absolute Gasteiger partial charge is 0.338 e. The Morgan fingerprint density at radius 2 is 1.88 bits per heavy atom. The summed E-state index contributed by atoms with van der Waals surface area (Å²) in [7, 11) is -3.88. The molecule has 0 bridgehead atoms. The third-order valence-electron chi connectivity index (χ3n) is 3.65. The molecule has 134 valence electrons. The monoisotopic (exact) mass is 363 g/mol. The second-order valence-corrected chi connectivity index (χ2v) is 7.07. The largest absolute Gasteiger partial charge is 0.490 e. The van der Waals surface area contributed by atoms with E-state index in [1.165, 1.54) is 18.2 Å². The van der Waals surface area contributed by atoms with E-state index in [1.54, 1.807) is 6.92 Å². The first-order valence-corrected chi connectivity index (χ1v) is 9.38. The highest BCUT2D eigenvalue weighted by atomic mass is 32.2. The Kier molecular flexibility index (Phi) is 6.17. The number of aryl methyl sites for hydroxylation is 2. The lowest BCUT2D eigenvalue weighted by molar-refractivity contribution is 0.0449. The highest BCUT2D eigenvalue weighted by molar-refractivity contribution is 7.89. The molecule has 0 saturated carbocycles. The van der Waals surface area contributed by atoms with E-state index in [0.29, 0.717) is 11.3 Å². The molecular formula is C18H21NO5S. The highest BCUT2D eigenvalue weighted by Gasteiger charge is 2.15. The fraction of sp³-hybridized carbons (Fsp3) is 0.278. The molecule has 0 aromatic heterocycles. The summed E-state index contributed by atoms with van der Waals surface area (Å²) in [6, 6.07) is 11.8. The zero-order valence-electron chi connectivity index (χ0n) is 14.2. The minimum atomic E-state index is -3.88. The van der Waals surface area contributed by atoms with Gasteiger partial charge in [0.2, 0.25) is 10.0 Å². The second kappa shape index (κ2) is 8.13. The lowest BCUT2D eigenvalue weighted by atomic mass is 10.1. The molecule has 25 heavy (non-hydrogen) atoms. The van der Waals surface area contributed by atoms with Crippen LogP contribution in [0, 0.1) is 6.92 Å². The molecule has 0 radical (unpaired) electrons. The van der Waals surface area contributed by atoms with Gasteiger partial charge >= 0.3 is 5.97 Å². The van der Waals surface area contributed by atoms with Crippen LogP contribution < -0.4 is 9.88 Å². The number of esters is 1. The molecule has 0 unspecified atom stereocenters. The first-order valence-electron chi connectivity index (χ1n) is 7.83. The Labute approximate surface area is 147 Å². The summed E-state index contributed by atoms with van der Waals surface area (Å²) in [5.74, 6) is 0.0942. The van der Waals surface area contributed by atoms with Crippen molar-refractivity contribution in [2.75, 3.05) is 13.2 Å². The maximum atomic E-state index is 12.1. The molecule has 2 rings (SSSR count). The zero-order valence-corrected chi connectivity index (χ0v) is 15.0. The summed E-state index contributed by atoms with van der Waals surface area (Å²) < 4.78 is 33.5. The van der Waals surface area contributed by atoms with Crippen LogP contribution in [0.1, 0.15) is 28.4 Å². The van der Waals surface area contributed by atoms with Crippen molar-refractivity contribution in [1.29, 1.82) is 0 Å². The molecule has 0 heterocycles. The summed E-state index contributed by atoms with van der Waals surface area (Å²) in [4.78, 5) is 12.0. The minimum absolute atomic E-state index is 0.0498. The van der Waals surface area contributed by atoms with Crippen molar-refractivity contribution < 1.29 is 22.7 Å². The van der Waals surface area contributed by atoms with Crippen LogP contribution >= 0.6 is 0 Å². The molecule has 0 aliphatic rings. The van der Waals surface area contributed by atoms with Gasteiger partial charge in [0.1, 0.15) is 19.0 Å². The Morgan fingerprint density at radius 1 is 1.12 bits per heavy atom. The molecule has 0 spiro atoms. The van der Waals surface area contributed by atoms with Crippen LogP contribution in [0.5, 0.6) is 5.75 Å². The third kappa shape index (κ3) is 5.30.